The largest absolute Gasteiger partial charge is 0.487 e. The predicted octanol–water partition coefficient (Wildman–Crippen LogP) is 7.26. The lowest BCUT2D eigenvalue weighted by Crippen LogP contribution is -2.53. The van der Waals surface area contributed by atoms with Crippen molar-refractivity contribution >= 4 is 40.2 Å². The number of hydrogen-bond donors (Lipinski definition) is 3. The van der Waals surface area contributed by atoms with Gasteiger partial charge in [0.15, 0.2) is 0 Å². The van der Waals surface area contributed by atoms with Gasteiger partial charge < -0.3 is 25.8 Å². The fraction of sp³-hybridized carbons (Fsp3) is 0.312. The molecule has 1 saturated heterocycles. The number of benzene rings is 2. The minimum absolute atomic E-state index is 0.00373. The zero-order valence-corrected chi connectivity index (χ0v) is 26.2. The van der Waals surface area contributed by atoms with Crippen LogP contribution < -0.4 is 15.8 Å². The van der Waals surface area contributed by atoms with E-state index in [0.717, 1.165) is 24.0 Å². The van der Waals surface area contributed by atoms with Crippen molar-refractivity contribution in [3.8, 4) is 17.0 Å². The van der Waals surface area contributed by atoms with E-state index in [1.54, 1.807) is 43.5 Å². The molecule has 2 aromatic heterocycles. The van der Waals surface area contributed by atoms with Crippen molar-refractivity contribution in [2.75, 3.05) is 31.2 Å². The quantitative estimate of drug-likeness (QED) is 0.178. The third kappa shape index (κ3) is 7.51. The Morgan fingerprint density at radius 2 is 1.84 bits per heavy atom. The second-order valence-corrected chi connectivity index (χ2v) is 12.2. The van der Waals surface area contributed by atoms with Crippen LogP contribution in [0.3, 0.4) is 0 Å². The molecule has 4 aromatic rings. The number of halogens is 3. The number of nitrogens with two attached hydrogens (primary N) is 1. The fourth-order valence-corrected chi connectivity index (χ4v) is 6.04. The van der Waals surface area contributed by atoms with E-state index in [0.29, 0.717) is 49.4 Å². The summed E-state index contributed by atoms with van der Waals surface area (Å²) in [5.41, 5.74) is 7.51. The van der Waals surface area contributed by atoms with E-state index in [1.165, 1.54) is 23.5 Å². The van der Waals surface area contributed by atoms with Gasteiger partial charge in [0.2, 0.25) is 0 Å². The van der Waals surface area contributed by atoms with Crippen LogP contribution in [-0.2, 0) is 12.2 Å². The molecule has 1 amide bonds. The maximum atomic E-state index is 13.8. The second kappa shape index (κ2) is 13.4. The van der Waals surface area contributed by atoms with Gasteiger partial charge in [0.25, 0.3) is 5.91 Å². The molecule has 1 aliphatic heterocycles. The molecular formula is C32H35ClF2N4O3S. The van der Waals surface area contributed by atoms with E-state index in [4.69, 9.17) is 22.1 Å². The van der Waals surface area contributed by atoms with Gasteiger partial charge in [-0.25, -0.2) is 8.78 Å². The van der Waals surface area contributed by atoms with Gasteiger partial charge in [-0.2, -0.15) is 0 Å². The minimum Gasteiger partial charge on any atom is -0.487 e. The van der Waals surface area contributed by atoms with E-state index >= 15 is 0 Å². The van der Waals surface area contributed by atoms with Crippen LogP contribution in [0.4, 0.5) is 20.2 Å². The number of hydrogen-bond acceptors (Lipinski definition) is 7. The van der Waals surface area contributed by atoms with Gasteiger partial charge in [0.1, 0.15) is 29.7 Å². The summed E-state index contributed by atoms with van der Waals surface area (Å²) in [5, 5.41) is 14.6. The van der Waals surface area contributed by atoms with Crippen LogP contribution in [0.15, 0.2) is 54.7 Å². The zero-order chi connectivity index (χ0) is 31.5. The highest BCUT2D eigenvalue weighted by molar-refractivity contribution is 7.14. The Morgan fingerprint density at radius 1 is 1.16 bits per heavy atom. The summed E-state index contributed by atoms with van der Waals surface area (Å²) in [4.78, 5) is 21.1. The molecule has 1 fully saturated rings. The third-order valence-corrected chi connectivity index (χ3v) is 8.46. The smallest absolute Gasteiger partial charge is 0.265 e. The maximum Gasteiger partial charge on any atom is 0.265 e. The Morgan fingerprint density at radius 3 is 2.47 bits per heavy atom. The van der Waals surface area contributed by atoms with Crippen molar-refractivity contribution < 1.29 is 23.4 Å². The van der Waals surface area contributed by atoms with Gasteiger partial charge in [-0.05, 0) is 68.9 Å². The molecule has 1 atom stereocenters. The average Bonchev–Trinajstić information content (AvgIpc) is 3.31. The van der Waals surface area contributed by atoms with Crippen LogP contribution in [0.25, 0.3) is 11.3 Å². The molecule has 2 aromatic carbocycles. The molecule has 5 rings (SSSR count). The summed E-state index contributed by atoms with van der Waals surface area (Å²) in [6.07, 6.45) is 1.61. The molecule has 11 heteroatoms. The highest BCUT2D eigenvalue weighted by atomic mass is 35.5. The molecule has 228 valence electrons. The average molecular weight is 629 g/mol. The molecule has 0 bridgehead atoms. The van der Waals surface area contributed by atoms with Gasteiger partial charge >= 0.3 is 0 Å². The van der Waals surface area contributed by atoms with Crippen LogP contribution in [-0.4, -0.2) is 41.0 Å². The Labute approximate surface area is 259 Å². The molecule has 1 aliphatic rings. The van der Waals surface area contributed by atoms with Crippen LogP contribution in [0.1, 0.15) is 46.4 Å². The van der Waals surface area contributed by atoms with E-state index in [9.17, 15) is 18.7 Å². The number of aryl methyl sites for hydroxylation is 1. The summed E-state index contributed by atoms with van der Waals surface area (Å²) in [6, 6.07) is 11.4. The molecule has 43 heavy (non-hydrogen) atoms. The van der Waals surface area contributed by atoms with Crippen LogP contribution in [0.2, 0.25) is 5.02 Å². The zero-order valence-electron chi connectivity index (χ0n) is 24.7. The van der Waals surface area contributed by atoms with Crippen molar-refractivity contribution in [2.24, 2.45) is 5.92 Å². The van der Waals surface area contributed by atoms with Gasteiger partial charge in [-0.3, -0.25) is 9.78 Å². The lowest BCUT2D eigenvalue weighted by Gasteiger charge is -2.45. The molecule has 0 saturated carbocycles. The SMILES string of the molecule is CC.Cc1sc(C(=O)Nc2cc(N)cc(Cl)c2)cc1-c1ncc(C(C)(O)C2CN(C)C2)cc1OCc1cc(F)cc(F)c1. The normalized spacial score (nSPS) is 14.7. The highest BCUT2D eigenvalue weighted by Gasteiger charge is 2.41. The number of pyridine rings is 1. The molecule has 0 spiro atoms. The lowest BCUT2D eigenvalue weighted by molar-refractivity contribution is -0.0713. The first-order valence-electron chi connectivity index (χ1n) is 13.9. The van der Waals surface area contributed by atoms with Crippen LogP contribution in [0, 0.1) is 24.5 Å². The number of likely N-dealkylation sites (tertiary alicyclic amines) is 1. The van der Waals surface area contributed by atoms with E-state index in [1.807, 2.05) is 27.8 Å². The number of anilines is 2. The maximum absolute atomic E-state index is 13.8. The second-order valence-electron chi connectivity index (χ2n) is 10.5. The Kier molecular flexibility index (Phi) is 10.1. The molecule has 0 aliphatic carbocycles. The number of amides is 1. The lowest BCUT2D eigenvalue weighted by atomic mass is 9.79. The van der Waals surface area contributed by atoms with Crippen molar-refractivity contribution in [1.82, 2.24) is 9.88 Å². The summed E-state index contributed by atoms with van der Waals surface area (Å²) in [7, 11) is 1.98. The van der Waals surface area contributed by atoms with Crippen LogP contribution >= 0.6 is 22.9 Å². The van der Waals surface area contributed by atoms with Gasteiger partial charge in [-0.1, -0.05) is 25.4 Å². The first-order valence-corrected chi connectivity index (χ1v) is 15.1. The topological polar surface area (TPSA) is 101 Å². The summed E-state index contributed by atoms with van der Waals surface area (Å²) < 4.78 is 33.7. The number of aliphatic hydroxyl groups is 1. The summed E-state index contributed by atoms with van der Waals surface area (Å²) >= 11 is 7.34. The number of thiophene rings is 1. The number of rotatable bonds is 8. The number of carbonyl (C=O) groups excluding carboxylic acids is 1. The van der Waals surface area contributed by atoms with Crippen molar-refractivity contribution in [3.05, 3.63) is 92.3 Å². The molecule has 7 nitrogen and oxygen atoms in total. The number of carbonyl (C=O) groups is 1. The van der Waals surface area contributed by atoms with Crippen molar-refractivity contribution in [2.45, 2.75) is 39.9 Å². The third-order valence-electron chi connectivity index (χ3n) is 7.19. The van der Waals surface area contributed by atoms with Crippen molar-refractivity contribution in [1.29, 1.82) is 0 Å². The monoisotopic (exact) mass is 628 g/mol. The Bertz CT molecular complexity index is 1580. The van der Waals surface area contributed by atoms with Crippen LogP contribution in [0.5, 0.6) is 5.75 Å². The number of nitrogens with zero attached hydrogens (tertiary/aromatic N) is 2. The van der Waals surface area contributed by atoms with E-state index in [2.05, 4.69) is 15.2 Å². The van der Waals surface area contributed by atoms with E-state index in [-0.39, 0.29) is 18.4 Å². The summed E-state index contributed by atoms with van der Waals surface area (Å²) in [6.45, 7) is 8.93. The first-order chi connectivity index (χ1) is 20.4. The number of ether oxygens (including phenoxy) is 1. The van der Waals surface area contributed by atoms with Gasteiger partial charge in [0.05, 0.1) is 10.5 Å². The molecule has 0 radical (unpaired) electrons. The van der Waals surface area contributed by atoms with E-state index < -0.39 is 17.2 Å². The van der Waals surface area contributed by atoms with Crippen molar-refractivity contribution in [3.63, 3.8) is 0 Å². The first kappa shape index (κ1) is 32.3. The molecule has 4 N–H and O–H groups in total. The Balaban J connectivity index is 0.00000207. The number of nitrogens with one attached hydrogen (secondary N) is 1. The molecular weight excluding hydrogens is 594 g/mol. The number of nitrogen functional groups attached to an aromatic ring is 1. The highest BCUT2D eigenvalue weighted by Crippen LogP contribution is 2.41. The Hall–Kier alpha value is -3.57. The predicted molar refractivity (Wildman–Crippen MR) is 169 cm³/mol. The van der Waals surface area contributed by atoms with Gasteiger partial charge in [0, 0.05) is 63.7 Å². The minimum atomic E-state index is -1.17. The number of aromatic nitrogens is 1. The fourth-order valence-electron chi connectivity index (χ4n) is 4.89. The van der Waals surface area contributed by atoms with Gasteiger partial charge in [-0.15, -0.1) is 11.3 Å². The summed E-state index contributed by atoms with van der Waals surface area (Å²) in [5.74, 6) is -1.45. The molecule has 3 heterocycles. The standard InChI is InChI=1S/C30H29ClF2N4O3S.C2H6/c1-16-25(11-27(41-16)29(38)36-24-8-20(31)7-23(34)10-24)28-26(40-15-17-4-21(32)9-22(33)5-17)6-18(12-35-28)30(2,39)19-13-37(3)14-19;1-2/h4-12,19,39H,13-15,34H2,1-3H3,(H,36,38);1-2H3. The molecule has 1 unspecified atom stereocenters.